The monoisotopic (exact) mass is 520 g/mol. The van der Waals surface area contributed by atoms with Gasteiger partial charge < -0.3 is 14.0 Å². The molecule has 1 aliphatic heterocycles. The molecule has 0 unspecified atom stereocenters. The fraction of sp³-hybridized carbons (Fsp3) is 0.269. The Labute approximate surface area is 205 Å². The molecule has 8 heteroatoms. The van der Waals surface area contributed by atoms with Gasteiger partial charge in [0, 0.05) is 39.6 Å². The van der Waals surface area contributed by atoms with Crippen LogP contribution in [-0.2, 0) is 6.42 Å². The number of benzene rings is 2. The first-order chi connectivity index (χ1) is 16.5. The molecule has 0 saturated heterocycles. The van der Waals surface area contributed by atoms with Gasteiger partial charge in [-0.05, 0) is 56.7 Å². The highest BCUT2D eigenvalue weighted by atomic mass is 79.9. The van der Waals surface area contributed by atoms with E-state index in [-0.39, 0.29) is 12.4 Å². The summed E-state index contributed by atoms with van der Waals surface area (Å²) >= 11 is 3.45. The number of hydrogen-bond acceptors (Lipinski definition) is 5. The third-order valence-electron chi connectivity index (χ3n) is 6.03. The Balaban J connectivity index is 1.57. The van der Waals surface area contributed by atoms with Crippen LogP contribution in [0.4, 0.5) is 0 Å². The fourth-order valence-corrected chi connectivity index (χ4v) is 4.63. The molecular formula is C26H25BrN4O3. The predicted octanol–water partition coefficient (Wildman–Crippen LogP) is 5.52. The van der Waals surface area contributed by atoms with Gasteiger partial charge in [0.15, 0.2) is 11.5 Å². The van der Waals surface area contributed by atoms with E-state index in [1.807, 2.05) is 44.2 Å². The number of fused-ring (bicyclic) bond motifs is 2. The first-order valence-electron chi connectivity index (χ1n) is 11.3. The van der Waals surface area contributed by atoms with Crippen molar-refractivity contribution in [2.24, 2.45) is 5.10 Å². The number of unbranched alkanes of at least 4 members (excludes halogenated alkanes) is 1. The quantitative estimate of drug-likeness (QED) is 0.314. The van der Waals surface area contributed by atoms with Crippen LogP contribution in [0.25, 0.3) is 16.6 Å². The molecule has 2 aromatic carbocycles. The van der Waals surface area contributed by atoms with E-state index in [2.05, 4.69) is 38.6 Å². The normalized spacial score (nSPS) is 12.8. The molecule has 0 bridgehead atoms. The molecule has 1 aliphatic rings. The second-order valence-corrected chi connectivity index (χ2v) is 9.27. The fourth-order valence-electron chi connectivity index (χ4n) is 4.27. The zero-order valence-electron chi connectivity index (χ0n) is 19.3. The molecule has 0 spiro atoms. The Morgan fingerprint density at radius 3 is 2.76 bits per heavy atom. The van der Waals surface area contributed by atoms with Gasteiger partial charge >= 0.3 is 0 Å². The highest BCUT2D eigenvalue weighted by Crippen LogP contribution is 2.34. The summed E-state index contributed by atoms with van der Waals surface area (Å²) in [6, 6.07) is 13.5. The van der Waals surface area contributed by atoms with E-state index in [0.29, 0.717) is 23.1 Å². The average Bonchev–Trinajstić information content (AvgIpc) is 3.40. The van der Waals surface area contributed by atoms with Gasteiger partial charge in [-0.3, -0.25) is 4.79 Å². The molecule has 5 rings (SSSR count). The highest BCUT2D eigenvalue weighted by molar-refractivity contribution is 9.10. The van der Waals surface area contributed by atoms with E-state index < -0.39 is 0 Å². The maximum atomic E-state index is 13.3. The lowest BCUT2D eigenvalue weighted by Crippen LogP contribution is -2.22. The number of nitrogens with zero attached hydrogens (tertiary/aromatic N) is 4. The lowest BCUT2D eigenvalue weighted by Gasteiger charge is -2.11. The molecular weight excluding hydrogens is 496 g/mol. The third-order valence-corrected chi connectivity index (χ3v) is 6.52. The van der Waals surface area contributed by atoms with E-state index in [1.54, 1.807) is 12.3 Å². The van der Waals surface area contributed by atoms with Crippen molar-refractivity contribution in [1.82, 2.24) is 14.2 Å². The Morgan fingerprint density at radius 1 is 1.12 bits per heavy atom. The minimum absolute atomic E-state index is 0.168. The summed E-state index contributed by atoms with van der Waals surface area (Å²) in [4.78, 5) is 18.1. The summed E-state index contributed by atoms with van der Waals surface area (Å²) in [5, 5.41) is 5.16. The van der Waals surface area contributed by atoms with Crippen molar-refractivity contribution >= 4 is 33.0 Å². The smallest absolute Gasteiger partial charge is 0.282 e. The molecule has 0 N–H and O–H groups in total. The summed E-state index contributed by atoms with van der Waals surface area (Å²) in [7, 11) is 0. The van der Waals surface area contributed by atoms with Crippen molar-refractivity contribution in [3.63, 3.8) is 0 Å². The Bertz CT molecular complexity index is 1490. The third kappa shape index (κ3) is 4.03. The number of halogens is 1. The molecule has 0 amide bonds. The standard InChI is InChI=1S/C26H25BrN4O3/c1-4-5-6-25-29-22-9-7-19(27)12-21(22)26(32)31(25)28-14-18-11-16(2)30(17(18)3)20-8-10-23-24(13-20)34-15-33-23/h7-14H,4-6,15H2,1-3H3. The second-order valence-electron chi connectivity index (χ2n) is 8.35. The molecule has 174 valence electrons. The summed E-state index contributed by atoms with van der Waals surface area (Å²) < 4.78 is 15.4. The molecule has 4 aromatic rings. The number of aromatic nitrogens is 3. The first kappa shape index (κ1) is 22.4. The van der Waals surface area contributed by atoms with Gasteiger partial charge in [0.1, 0.15) is 5.82 Å². The van der Waals surface area contributed by atoms with Crippen LogP contribution in [0.15, 0.2) is 56.8 Å². The van der Waals surface area contributed by atoms with E-state index in [1.165, 1.54) is 4.68 Å². The maximum absolute atomic E-state index is 13.3. The van der Waals surface area contributed by atoms with Gasteiger partial charge in [-0.25, -0.2) is 4.98 Å². The largest absolute Gasteiger partial charge is 0.454 e. The molecule has 0 radical (unpaired) electrons. The molecule has 0 saturated carbocycles. The highest BCUT2D eigenvalue weighted by Gasteiger charge is 2.17. The number of ether oxygens (including phenoxy) is 2. The summed E-state index contributed by atoms with van der Waals surface area (Å²) in [6.45, 7) is 6.44. The van der Waals surface area contributed by atoms with Gasteiger partial charge in [-0.2, -0.15) is 9.78 Å². The Kier molecular flexibility index (Phi) is 6.00. The van der Waals surface area contributed by atoms with E-state index >= 15 is 0 Å². The second kappa shape index (κ2) is 9.10. The van der Waals surface area contributed by atoms with Gasteiger partial charge in [-0.15, -0.1) is 0 Å². The van der Waals surface area contributed by atoms with Crippen LogP contribution in [0.2, 0.25) is 0 Å². The van der Waals surface area contributed by atoms with Crippen LogP contribution in [0.3, 0.4) is 0 Å². The van der Waals surface area contributed by atoms with Crippen LogP contribution in [0.1, 0.15) is 42.5 Å². The minimum atomic E-state index is -0.168. The van der Waals surface area contributed by atoms with Crippen molar-refractivity contribution < 1.29 is 9.47 Å². The predicted molar refractivity (Wildman–Crippen MR) is 137 cm³/mol. The van der Waals surface area contributed by atoms with Crippen molar-refractivity contribution in [2.75, 3.05) is 6.79 Å². The van der Waals surface area contributed by atoms with Crippen LogP contribution in [0.5, 0.6) is 11.5 Å². The number of rotatable bonds is 6. The first-order valence-corrected chi connectivity index (χ1v) is 12.1. The van der Waals surface area contributed by atoms with E-state index in [4.69, 9.17) is 14.5 Å². The van der Waals surface area contributed by atoms with Gasteiger partial charge in [-0.1, -0.05) is 29.3 Å². The zero-order valence-corrected chi connectivity index (χ0v) is 20.9. The molecule has 3 heterocycles. The van der Waals surface area contributed by atoms with Crippen molar-refractivity contribution in [2.45, 2.75) is 40.0 Å². The van der Waals surface area contributed by atoms with Crippen LogP contribution < -0.4 is 15.0 Å². The van der Waals surface area contributed by atoms with E-state index in [9.17, 15) is 4.79 Å². The Morgan fingerprint density at radius 2 is 1.94 bits per heavy atom. The molecule has 0 fully saturated rings. The van der Waals surface area contributed by atoms with Crippen molar-refractivity contribution in [3.05, 3.63) is 80.1 Å². The van der Waals surface area contributed by atoms with Gasteiger partial charge in [0.2, 0.25) is 6.79 Å². The summed E-state index contributed by atoms with van der Waals surface area (Å²) in [6.07, 6.45) is 4.37. The maximum Gasteiger partial charge on any atom is 0.282 e. The van der Waals surface area contributed by atoms with E-state index in [0.717, 1.165) is 51.5 Å². The van der Waals surface area contributed by atoms with Crippen LogP contribution in [0, 0.1) is 13.8 Å². The summed E-state index contributed by atoms with van der Waals surface area (Å²) in [5.74, 6) is 2.16. The van der Waals surface area contributed by atoms with Crippen LogP contribution >= 0.6 is 15.9 Å². The number of aryl methyl sites for hydroxylation is 2. The summed E-state index contributed by atoms with van der Waals surface area (Å²) in [5.41, 5.74) is 4.50. The average molecular weight is 521 g/mol. The van der Waals surface area contributed by atoms with Gasteiger partial charge in [0.05, 0.1) is 17.1 Å². The lowest BCUT2D eigenvalue weighted by atomic mass is 10.2. The van der Waals surface area contributed by atoms with Crippen LogP contribution in [-0.4, -0.2) is 27.2 Å². The lowest BCUT2D eigenvalue weighted by molar-refractivity contribution is 0.174. The van der Waals surface area contributed by atoms with Gasteiger partial charge in [0.25, 0.3) is 5.56 Å². The molecule has 0 aliphatic carbocycles. The molecule has 7 nitrogen and oxygen atoms in total. The minimum Gasteiger partial charge on any atom is -0.454 e. The Hall–Kier alpha value is -3.39. The molecule has 34 heavy (non-hydrogen) atoms. The topological polar surface area (TPSA) is 70.6 Å². The SMILES string of the molecule is CCCCc1nc2ccc(Br)cc2c(=O)n1N=Cc1cc(C)n(-c2ccc3c(c2)OCO3)c1C. The molecule has 0 atom stereocenters. The number of hydrogen-bond donors (Lipinski definition) is 0. The van der Waals surface area contributed by atoms with Crippen molar-refractivity contribution in [1.29, 1.82) is 0 Å². The molecule has 2 aromatic heterocycles. The zero-order chi connectivity index (χ0) is 23.8. The van der Waals surface area contributed by atoms with Crippen molar-refractivity contribution in [3.8, 4) is 17.2 Å².